The van der Waals surface area contributed by atoms with E-state index in [4.69, 9.17) is 5.73 Å². The van der Waals surface area contributed by atoms with Gasteiger partial charge in [-0.15, -0.1) is 0 Å². The van der Waals surface area contributed by atoms with Crippen molar-refractivity contribution < 1.29 is 19.4 Å². The molecule has 0 fully saturated rings. The molecule has 0 amide bonds. The van der Waals surface area contributed by atoms with E-state index in [9.17, 15) is 19.4 Å². The highest BCUT2D eigenvalue weighted by Crippen LogP contribution is 3.02. The van der Waals surface area contributed by atoms with E-state index in [2.05, 4.69) is 15.9 Å². The Balaban J connectivity index is 3.57. The SMILES string of the molecule is Nc1ccc(Br)c(S(F)(F)(F)(F)F)c1. The molecule has 1 rings (SSSR count). The minimum Gasteiger partial charge on any atom is -0.399 e. The van der Waals surface area contributed by atoms with Crippen LogP contribution in [0.2, 0.25) is 0 Å². The molecule has 0 saturated carbocycles. The van der Waals surface area contributed by atoms with Crippen molar-refractivity contribution >= 4 is 31.8 Å². The number of halogens is 6. The maximum atomic E-state index is 12.3. The number of anilines is 1. The quantitative estimate of drug-likeness (QED) is 0.591. The summed E-state index contributed by atoms with van der Waals surface area (Å²) in [6.07, 6.45) is 0. The third-order valence-electron chi connectivity index (χ3n) is 1.37. The molecule has 0 aliphatic rings. The minimum atomic E-state index is -9.64. The molecule has 0 heterocycles. The van der Waals surface area contributed by atoms with Crippen molar-refractivity contribution in [2.75, 3.05) is 5.73 Å². The molecule has 0 saturated heterocycles. The molecule has 0 radical (unpaired) electrons. The zero-order valence-corrected chi connectivity index (χ0v) is 8.89. The van der Waals surface area contributed by atoms with Gasteiger partial charge in [0.1, 0.15) is 4.90 Å². The van der Waals surface area contributed by atoms with Crippen molar-refractivity contribution in [3.63, 3.8) is 0 Å². The predicted molar refractivity (Wildman–Crippen MR) is 50.0 cm³/mol. The van der Waals surface area contributed by atoms with Gasteiger partial charge in [-0.1, -0.05) is 19.4 Å². The van der Waals surface area contributed by atoms with E-state index in [1.807, 2.05) is 0 Å². The first-order valence-electron chi connectivity index (χ1n) is 3.19. The van der Waals surface area contributed by atoms with Crippen molar-refractivity contribution in [3.05, 3.63) is 22.7 Å². The van der Waals surface area contributed by atoms with Crippen LogP contribution in [0, 0.1) is 0 Å². The summed E-state index contributed by atoms with van der Waals surface area (Å²) < 4.78 is 60.8. The molecule has 0 aliphatic carbocycles. The molecule has 0 spiro atoms. The standard InChI is InChI=1S/C6H5BrF5NS/c7-5-2-1-4(13)3-6(5)14(8,9,10,11)12/h1-3H,13H2. The van der Waals surface area contributed by atoms with Crippen LogP contribution in [0.15, 0.2) is 27.6 Å². The van der Waals surface area contributed by atoms with Crippen LogP contribution >= 0.6 is 26.2 Å². The van der Waals surface area contributed by atoms with Crippen LogP contribution in [0.3, 0.4) is 0 Å². The van der Waals surface area contributed by atoms with E-state index < -0.39 is 19.6 Å². The number of nitrogens with two attached hydrogens (primary N) is 1. The number of nitrogen functional groups attached to an aromatic ring is 1. The zero-order chi connectivity index (χ0) is 11.3. The van der Waals surface area contributed by atoms with Gasteiger partial charge in [-0.2, -0.15) is 0 Å². The van der Waals surface area contributed by atoms with E-state index in [-0.39, 0.29) is 11.8 Å². The first-order chi connectivity index (χ1) is 5.90. The lowest BCUT2D eigenvalue weighted by atomic mass is 10.3. The van der Waals surface area contributed by atoms with Crippen LogP contribution < -0.4 is 5.73 Å². The van der Waals surface area contributed by atoms with Crippen LogP contribution in [0.1, 0.15) is 0 Å². The maximum Gasteiger partial charge on any atom is 0.311 e. The number of rotatable bonds is 1. The summed E-state index contributed by atoms with van der Waals surface area (Å²) in [6, 6.07) is 2.14. The Morgan fingerprint density at radius 3 is 1.93 bits per heavy atom. The molecule has 0 aromatic heterocycles. The highest BCUT2D eigenvalue weighted by Gasteiger charge is 2.66. The Morgan fingerprint density at radius 1 is 1.07 bits per heavy atom. The van der Waals surface area contributed by atoms with E-state index in [0.29, 0.717) is 0 Å². The highest BCUT2D eigenvalue weighted by molar-refractivity contribution is 9.10. The molecule has 0 bridgehead atoms. The molecular weight excluding hydrogens is 293 g/mol. The number of hydrogen-bond donors (Lipinski definition) is 1. The monoisotopic (exact) mass is 297 g/mol. The third kappa shape index (κ3) is 2.50. The average Bonchev–Trinajstić information content (AvgIpc) is 1.89. The smallest absolute Gasteiger partial charge is 0.311 e. The fourth-order valence-electron chi connectivity index (χ4n) is 0.816. The van der Waals surface area contributed by atoms with E-state index in [1.54, 1.807) is 0 Å². The topological polar surface area (TPSA) is 26.0 Å². The van der Waals surface area contributed by atoms with Crippen molar-refractivity contribution in [1.82, 2.24) is 0 Å². The molecule has 0 aliphatic heterocycles. The van der Waals surface area contributed by atoms with E-state index >= 15 is 0 Å². The summed E-state index contributed by atoms with van der Waals surface area (Å²) in [6.45, 7) is 0. The summed E-state index contributed by atoms with van der Waals surface area (Å²) in [5, 5.41) is 0. The largest absolute Gasteiger partial charge is 0.399 e. The first kappa shape index (κ1) is 11.6. The van der Waals surface area contributed by atoms with Crippen LogP contribution in [-0.4, -0.2) is 0 Å². The lowest BCUT2D eigenvalue weighted by Crippen LogP contribution is -2.07. The fourth-order valence-corrected chi connectivity index (χ4v) is 2.78. The van der Waals surface area contributed by atoms with Crippen LogP contribution in [-0.2, 0) is 0 Å². The molecule has 1 aromatic rings. The summed E-state index contributed by atoms with van der Waals surface area (Å²) >= 11 is 2.41. The molecule has 1 nitrogen and oxygen atoms in total. The Bertz CT molecular complexity index is 386. The van der Waals surface area contributed by atoms with Gasteiger partial charge in [-0.25, -0.2) is 0 Å². The summed E-state index contributed by atoms with van der Waals surface area (Å²) in [7, 11) is -9.64. The molecule has 82 valence electrons. The zero-order valence-electron chi connectivity index (χ0n) is 6.49. The fraction of sp³-hybridized carbons (Fsp3) is 0. The highest BCUT2D eigenvalue weighted by atomic mass is 79.9. The molecule has 8 heteroatoms. The van der Waals surface area contributed by atoms with Gasteiger partial charge in [-0.3, -0.25) is 0 Å². The minimum absolute atomic E-state index is 0.214. The maximum absolute atomic E-state index is 12.3. The van der Waals surface area contributed by atoms with Gasteiger partial charge < -0.3 is 5.73 Å². The Morgan fingerprint density at radius 2 is 1.57 bits per heavy atom. The van der Waals surface area contributed by atoms with E-state index in [0.717, 1.165) is 12.1 Å². The van der Waals surface area contributed by atoms with Gasteiger partial charge in [0.05, 0.1) is 0 Å². The molecule has 2 N–H and O–H groups in total. The molecule has 0 atom stereocenters. The van der Waals surface area contributed by atoms with Gasteiger partial charge in [0.2, 0.25) is 0 Å². The van der Waals surface area contributed by atoms with Gasteiger partial charge in [0.25, 0.3) is 0 Å². The third-order valence-corrected chi connectivity index (χ3v) is 3.49. The van der Waals surface area contributed by atoms with Crippen molar-refractivity contribution in [2.24, 2.45) is 0 Å². The predicted octanol–water partition coefficient (Wildman–Crippen LogP) is 4.69. The first-order valence-corrected chi connectivity index (χ1v) is 5.94. The van der Waals surface area contributed by atoms with Crippen molar-refractivity contribution in [2.45, 2.75) is 4.90 Å². The van der Waals surface area contributed by atoms with Gasteiger partial charge in [0, 0.05) is 10.2 Å². The Hall–Kier alpha value is -0.500. The molecule has 14 heavy (non-hydrogen) atoms. The number of benzene rings is 1. The molecule has 0 unspecified atom stereocenters. The molecular formula is C6H5BrF5NS. The van der Waals surface area contributed by atoms with E-state index in [1.165, 1.54) is 0 Å². The average molecular weight is 298 g/mol. The van der Waals surface area contributed by atoms with Crippen molar-refractivity contribution in [1.29, 1.82) is 0 Å². The van der Waals surface area contributed by atoms with Crippen LogP contribution in [0.4, 0.5) is 25.1 Å². The lowest BCUT2D eigenvalue weighted by molar-refractivity contribution is 0.363. The van der Waals surface area contributed by atoms with Gasteiger partial charge in [0.15, 0.2) is 0 Å². The Kier molecular flexibility index (Phi) is 1.95. The number of hydrogen-bond acceptors (Lipinski definition) is 1. The second kappa shape index (κ2) is 2.35. The van der Waals surface area contributed by atoms with Crippen molar-refractivity contribution in [3.8, 4) is 0 Å². The van der Waals surface area contributed by atoms with Gasteiger partial charge in [-0.05, 0) is 34.1 Å². The van der Waals surface area contributed by atoms with Gasteiger partial charge >= 0.3 is 10.2 Å². The lowest BCUT2D eigenvalue weighted by Gasteiger charge is -2.41. The summed E-state index contributed by atoms with van der Waals surface area (Å²) in [5.74, 6) is 0. The summed E-state index contributed by atoms with van der Waals surface area (Å²) in [4.78, 5) is -2.00. The molecule has 1 aromatic carbocycles. The second-order valence-electron chi connectivity index (χ2n) is 2.66. The Labute approximate surface area is 84.9 Å². The second-order valence-corrected chi connectivity index (χ2v) is 5.89. The van der Waals surface area contributed by atoms with Crippen LogP contribution in [0.25, 0.3) is 0 Å². The summed E-state index contributed by atoms with van der Waals surface area (Å²) in [5.41, 5.74) is 4.64. The van der Waals surface area contributed by atoms with Crippen LogP contribution in [0.5, 0.6) is 0 Å². The normalized spacial score (nSPS) is 17.3.